The first-order chi connectivity index (χ1) is 11.1. The lowest BCUT2D eigenvalue weighted by atomic mass is 9.92. The van der Waals surface area contributed by atoms with Crippen LogP contribution in [0.3, 0.4) is 0 Å². The number of allylic oxidation sites excluding steroid dienone is 1. The van der Waals surface area contributed by atoms with E-state index < -0.39 is 17.3 Å². The van der Waals surface area contributed by atoms with Crippen molar-refractivity contribution in [2.24, 2.45) is 10.7 Å². The van der Waals surface area contributed by atoms with Crippen LogP contribution in [0, 0.1) is 0 Å². The molecule has 0 fully saturated rings. The van der Waals surface area contributed by atoms with Crippen LogP contribution in [0.15, 0.2) is 35.0 Å². The highest BCUT2D eigenvalue weighted by Crippen LogP contribution is 2.38. The van der Waals surface area contributed by atoms with Gasteiger partial charge in [-0.1, -0.05) is 6.07 Å². The number of hydrogen-bond donors (Lipinski definition) is 1. The van der Waals surface area contributed by atoms with E-state index in [1.165, 1.54) is 19.4 Å². The smallest absolute Gasteiger partial charge is 0.416 e. The molecule has 0 aliphatic carbocycles. The largest absolute Gasteiger partial charge is 0.491 e. The van der Waals surface area contributed by atoms with Crippen LogP contribution in [-0.2, 0) is 16.5 Å². The van der Waals surface area contributed by atoms with Gasteiger partial charge < -0.3 is 15.2 Å². The van der Waals surface area contributed by atoms with Crippen molar-refractivity contribution in [3.63, 3.8) is 0 Å². The lowest BCUT2D eigenvalue weighted by Crippen LogP contribution is -2.18. The van der Waals surface area contributed by atoms with Crippen LogP contribution in [0.25, 0.3) is 0 Å². The van der Waals surface area contributed by atoms with Gasteiger partial charge in [0, 0.05) is 18.9 Å². The Labute approximate surface area is 140 Å². The standard InChI is InChI=1S/C17H23F3N2O2/c1-12(10-21)11-22-16(2,3)14-6-5-13(17(18,19)20)9-15(14)24-8-7-23-4/h5-6,9-11H,7-8,21H2,1-4H3. The van der Waals surface area contributed by atoms with Gasteiger partial charge in [0.25, 0.3) is 0 Å². The van der Waals surface area contributed by atoms with Gasteiger partial charge in [0.05, 0.1) is 17.7 Å². The third kappa shape index (κ3) is 5.56. The topological polar surface area (TPSA) is 56.8 Å². The summed E-state index contributed by atoms with van der Waals surface area (Å²) in [6, 6.07) is 3.42. The quantitative estimate of drug-likeness (QED) is 0.603. The van der Waals surface area contributed by atoms with E-state index in [0.717, 1.165) is 17.7 Å². The van der Waals surface area contributed by atoms with Crippen molar-refractivity contribution in [2.75, 3.05) is 20.3 Å². The highest BCUT2D eigenvalue weighted by Gasteiger charge is 2.33. The fourth-order valence-corrected chi connectivity index (χ4v) is 1.93. The maximum absolute atomic E-state index is 13.0. The summed E-state index contributed by atoms with van der Waals surface area (Å²) in [6.45, 7) is 5.78. The van der Waals surface area contributed by atoms with E-state index in [1.807, 2.05) is 0 Å². The molecule has 1 aromatic rings. The number of nitrogens with two attached hydrogens (primary N) is 1. The Balaban J connectivity index is 3.26. The first kappa shape index (κ1) is 20.0. The Bertz CT molecular complexity index is 608. The van der Waals surface area contributed by atoms with Gasteiger partial charge >= 0.3 is 6.18 Å². The second kappa shape index (κ2) is 8.19. The van der Waals surface area contributed by atoms with Gasteiger partial charge in [-0.25, -0.2) is 0 Å². The van der Waals surface area contributed by atoms with E-state index in [1.54, 1.807) is 27.0 Å². The van der Waals surface area contributed by atoms with Crippen molar-refractivity contribution in [3.8, 4) is 5.75 Å². The van der Waals surface area contributed by atoms with Crippen LogP contribution in [0.4, 0.5) is 13.2 Å². The molecule has 0 amide bonds. The number of methoxy groups -OCH3 is 1. The fraction of sp³-hybridized carbons (Fsp3) is 0.471. The summed E-state index contributed by atoms with van der Waals surface area (Å²) < 4.78 is 49.2. The van der Waals surface area contributed by atoms with E-state index in [9.17, 15) is 13.2 Å². The Morgan fingerprint density at radius 1 is 1.25 bits per heavy atom. The molecule has 134 valence electrons. The molecule has 0 aliphatic rings. The molecule has 0 unspecified atom stereocenters. The zero-order chi connectivity index (χ0) is 18.4. The summed E-state index contributed by atoms with van der Waals surface area (Å²) in [4.78, 5) is 4.41. The highest BCUT2D eigenvalue weighted by molar-refractivity contribution is 5.78. The SMILES string of the molecule is COCCOc1cc(C(F)(F)F)ccc1C(C)(C)N=CC(C)=CN. The zero-order valence-corrected chi connectivity index (χ0v) is 14.3. The number of halogens is 3. The van der Waals surface area contributed by atoms with Gasteiger partial charge in [-0.15, -0.1) is 0 Å². The molecule has 0 aliphatic heterocycles. The molecule has 0 bridgehead atoms. The molecule has 0 heterocycles. The molecule has 24 heavy (non-hydrogen) atoms. The first-order valence-electron chi connectivity index (χ1n) is 7.39. The van der Waals surface area contributed by atoms with Gasteiger partial charge in [-0.05, 0) is 44.7 Å². The molecule has 7 heteroatoms. The van der Waals surface area contributed by atoms with E-state index in [0.29, 0.717) is 5.56 Å². The second-order valence-electron chi connectivity index (χ2n) is 5.78. The summed E-state index contributed by atoms with van der Waals surface area (Å²) in [5.41, 5.74) is 5.15. The van der Waals surface area contributed by atoms with Gasteiger partial charge in [0.1, 0.15) is 12.4 Å². The number of ether oxygens (including phenoxy) is 2. The van der Waals surface area contributed by atoms with Gasteiger partial charge in [0.15, 0.2) is 0 Å². The number of rotatable bonds is 7. The van der Waals surface area contributed by atoms with Gasteiger partial charge in [0.2, 0.25) is 0 Å². The fourth-order valence-electron chi connectivity index (χ4n) is 1.93. The minimum atomic E-state index is -4.44. The minimum absolute atomic E-state index is 0.137. The predicted molar refractivity (Wildman–Crippen MR) is 88.3 cm³/mol. The number of aliphatic imine (C=N–C) groups is 1. The molecule has 0 spiro atoms. The highest BCUT2D eigenvalue weighted by atomic mass is 19.4. The number of alkyl halides is 3. The maximum Gasteiger partial charge on any atom is 0.416 e. The average Bonchev–Trinajstić information content (AvgIpc) is 2.51. The predicted octanol–water partition coefficient (Wildman–Crippen LogP) is 3.90. The van der Waals surface area contributed by atoms with E-state index in [4.69, 9.17) is 15.2 Å². The van der Waals surface area contributed by atoms with Crippen LogP contribution in [0.5, 0.6) is 5.75 Å². The summed E-state index contributed by atoms with van der Waals surface area (Å²) >= 11 is 0. The Morgan fingerprint density at radius 3 is 2.46 bits per heavy atom. The van der Waals surface area contributed by atoms with E-state index in [-0.39, 0.29) is 19.0 Å². The van der Waals surface area contributed by atoms with Crippen LogP contribution < -0.4 is 10.5 Å². The lowest BCUT2D eigenvalue weighted by molar-refractivity contribution is -0.137. The molecule has 2 N–H and O–H groups in total. The monoisotopic (exact) mass is 344 g/mol. The molecule has 1 aromatic carbocycles. The summed E-state index contributed by atoms with van der Waals surface area (Å²) in [6.07, 6.45) is -1.46. The van der Waals surface area contributed by atoms with Crippen molar-refractivity contribution in [1.29, 1.82) is 0 Å². The maximum atomic E-state index is 13.0. The van der Waals surface area contributed by atoms with Crippen molar-refractivity contribution < 1.29 is 22.6 Å². The molecule has 0 saturated heterocycles. The van der Waals surface area contributed by atoms with Crippen molar-refractivity contribution >= 4 is 6.21 Å². The summed E-state index contributed by atoms with van der Waals surface area (Å²) in [7, 11) is 1.49. The summed E-state index contributed by atoms with van der Waals surface area (Å²) in [5, 5.41) is 0. The van der Waals surface area contributed by atoms with E-state index >= 15 is 0 Å². The molecular formula is C17H23F3N2O2. The molecule has 0 radical (unpaired) electrons. The zero-order valence-electron chi connectivity index (χ0n) is 14.3. The Hall–Kier alpha value is -2.02. The first-order valence-corrected chi connectivity index (χ1v) is 7.39. The molecule has 0 aromatic heterocycles. The molecular weight excluding hydrogens is 321 g/mol. The van der Waals surface area contributed by atoms with Gasteiger partial charge in [-0.2, -0.15) is 13.2 Å². The number of hydrogen-bond acceptors (Lipinski definition) is 4. The van der Waals surface area contributed by atoms with Crippen LogP contribution >= 0.6 is 0 Å². The third-order valence-corrected chi connectivity index (χ3v) is 3.37. The lowest BCUT2D eigenvalue weighted by Gasteiger charge is -2.24. The second-order valence-corrected chi connectivity index (χ2v) is 5.78. The normalized spacial score (nSPS) is 13.5. The Kier molecular flexibility index (Phi) is 6.83. The van der Waals surface area contributed by atoms with Crippen molar-refractivity contribution in [1.82, 2.24) is 0 Å². The third-order valence-electron chi connectivity index (χ3n) is 3.37. The average molecular weight is 344 g/mol. The number of nitrogens with zero attached hydrogens (tertiary/aromatic N) is 1. The molecule has 1 rings (SSSR count). The number of benzene rings is 1. The Morgan fingerprint density at radius 2 is 1.92 bits per heavy atom. The van der Waals surface area contributed by atoms with Crippen LogP contribution in [-0.4, -0.2) is 26.5 Å². The molecule has 0 atom stereocenters. The van der Waals surface area contributed by atoms with Crippen LogP contribution in [0.1, 0.15) is 31.9 Å². The van der Waals surface area contributed by atoms with Gasteiger partial charge in [-0.3, -0.25) is 4.99 Å². The van der Waals surface area contributed by atoms with Crippen LogP contribution in [0.2, 0.25) is 0 Å². The summed E-state index contributed by atoms with van der Waals surface area (Å²) in [5.74, 6) is 0.137. The molecule has 0 saturated carbocycles. The minimum Gasteiger partial charge on any atom is -0.491 e. The van der Waals surface area contributed by atoms with E-state index in [2.05, 4.69) is 4.99 Å². The van der Waals surface area contributed by atoms with Crippen molar-refractivity contribution in [3.05, 3.63) is 41.1 Å². The van der Waals surface area contributed by atoms with Crippen molar-refractivity contribution in [2.45, 2.75) is 32.5 Å². The molecule has 4 nitrogen and oxygen atoms in total.